The number of hydrogen-bond acceptors (Lipinski definition) is 7. The number of rotatable bonds is 6. The number of fused-ring (bicyclic) bond motifs is 2. The molecule has 2 bridgehead atoms. The molecule has 3 rings (SSSR count). The van der Waals surface area contributed by atoms with Crippen molar-refractivity contribution in [1.29, 1.82) is 0 Å². The first-order valence-corrected chi connectivity index (χ1v) is 9.64. The number of carboxylic acid groups (broad SMARTS) is 1. The van der Waals surface area contributed by atoms with Crippen molar-refractivity contribution in [2.24, 2.45) is 11.3 Å². The summed E-state index contributed by atoms with van der Waals surface area (Å²) >= 11 is 0. The van der Waals surface area contributed by atoms with E-state index < -0.39 is 47.4 Å². The van der Waals surface area contributed by atoms with Crippen LogP contribution in [0.5, 0.6) is 11.5 Å². The van der Waals surface area contributed by atoms with Crippen molar-refractivity contribution < 1.29 is 38.4 Å². The zero-order chi connectivity index (χ0) is 22.2. The molecule has 8 heteroatoms. The Morgan fingerprint density at radius 2 is 1.57 bits per heavy atom. The summed E-state index contributed by atoms with van der Waals surface area (Å²) in [5.74, 6) is -2.18. The van der Waals surface area contributed by atoms with Gasteiger partial charge in [-0.3, -0.25) is 14.4 Å². The fraction of sp³-hybridized carbons (Fsp3) is 0.500. The molecule has 0 aliphatic heterocycles. The number of carboxylic acids is 1. The van der Waals surface area contributed by atoms with E-state index in [9.17, 15) is 19.5 Å². The third-order valence-corrected chi connectivity index (χ3v) is 6.11. The van der Waals surface area contributed by atoms with E-state index in [-0.39, 0.29) is 0 Å². The second-order valence-corrected chi connectivity index (χ2v) is 7.73. The Morgan fingerprint density at radius 1 is 1.00 bits per heavy atom. The summed E-state index contributed by atoms with van der Waals surface area (Å²) in [4.78, 5) is 36.3. The molecule has 5 atom stereocenters. The minimum atomic E-state index is -1.50. The smallest absolute Gasteiger partial charge is 0.318 e. The Balaban J connectivity index is 2.21. The van der Waals surface area contributed by atoms with E-state index in [1.54, 1.807) is 31.2 Å². The van der Waals surface area contributed by atoms with Crippen LogP contribution in [0.25, 0.3) is 0 Å². The Bertz CT molecular complexity index is 882. The molecule has 0 amide bonds. The van der Waals surface area contributed by atoms with Crippen molar-refractivity contribution in [3.63, 3.8) is 0 Å². The fourth-order valence-corrected chi connectivity index (χ4v) is 4.97. The predicted octanol–water partition coefficient (Wildman–Crippen LogP) is 2.70. The van der Waals surface area contributed by atoms with Gasteiger partial charge in [-0.25, -0.2) is 0 Å². The molecule has 0 spiro atoms. The average Bonchev–Trinajstić information content (AvgIpc) is 2.94. The Kier molecular flexibility index (Phi) is 5.78. The van der Waals surface area contributed by atoms with Gasteiger partial charge < -0.3 is 24.1 Å². The van der Waals surface area contributed by atoms with Crippen molar-refractivity contribution in [3.8, 4) is 11.5 Å². The molecule has 0 saturated heterocycles. The molecule has 0 heterocycles. The molecule has 5 unspecified atom stereocenters. The van der Waals surface area contributed by atoms with Gasteiger partial charge in [0.25, 0.3) is 0 Å². The maximum Gasteiger partial charge on any atom is 0.318 e. The van der Waals surface area contributed by atoms with Gasteiger partial charge in [-0.1, -0.05) is 5.57 Å². The Labute approximate surface area is 174 Å². The zero-order valence-electron chi connectivity index (χ0n) is 17.6. The third-order valence-electron chi connectivity index (χ3n) is 6.11. The van der Waals surface area contributed by atoms with Crippen molar-refractivity contribution in [3.05, 3.63) is 35.4 Å². The Morgan fingerprint density at radius 3 is 2.03 bits per heavy atom. The summed E-state index contributed by atoms with van der Waals surface area (Å²) in [5, 5.41) is 10.4. The largest absolute Gasteiger partial charge is 0.497 e. The van der Waals surface area contributed by atoms with Gasteiger partial charge >= 0.3 is 17.9 Å². The second kappa shape index (κ2) is 8.01. The lowest BCUT2D eigenvalue weighted by Crippen LogP contribution is -2.51. The van der Waals surface area contributed by atoms with E-state index in [4.69, 9.17) is 18.9 Å². The molecule has 0 aromatic heterocycles. The van der Waals surface area contributed by atoms with Gasteiger partial charge in [-0.2, -0.15) is 0 Å². The van der Waals surface area contributed by atoms with Gasteiger partial charge in [0.1, 0.15) is 29.1 Å². The topological polar surface area (TPSA) is 108 Å². The van der Waals surface area contributed by atoms with Crippen LogP contribution in [-0.4, -0.2) is 49.4 Å². The SMILES string of the molecule is COc1cc(OC)cc(C2CC3C(OC(C)=O)C=C(C)C2(C(=O)O)C3OC(C)=O)c1. The molecule has 1 aromatic carbocycles. The molecule has 2 aliphatic rings. The molecule has 1 fully saturated rings. The highest BCUT2D eigenvalue weighted by Gasteiger charge is 2.67. The normalized spacial score (nSPS) is 29.6. The van der Waals surface area contributed by atoms with E-state index in [2.05, 4.69) is 0 Å². The third kappa shape index (κ3) is 3.40. The summed E-state index contributed by atoms with van der Waals surface area (Å²) < 4.78 is 21.7. The van der Waals surface area contributed by atoms with E-state index in [1.807, 2.05) is 0 Å². The number of esters is 2. The van der Waals surface area contributed by atoms with Crippen LogP contribution in [0.15, 0.2) is 29.8 Å². The van der Waals surface area contributed by atoms with Gasteiger partial charge in [0.05, 0.1) is 14.2 Å². The maximum absolute atomic E-state index is 12.8. The summed E-state index contributed by atoms with van der Waals surface area (Å²) in [6.45, 7) is 4.21. The summed E-state index contributed by atoms with van der Waals surface area (Å²) in [7, 11) is 3.03. The van der Waals surface area contributed by atoms with Crippen LogP contribution >= 0.6 is 0 Å². The molecule has 30 heavy (non-hydrogen) atoms. The van der Waals surface area contributed by atoms with Gasteiger partial charge in [-0.05, 0) is 37.1 Å². The lowest BCUT2D eigenvalue weighted by Gasteiger charge is -2.41. The molecule has 8 nitrogen and oxygen atoms in total. The first-order chi connectivity index (χ1) is 14.1. The van der Waals surface area contributed by atoms with Crippen molar-refractivity contribution >= 4 is 17.9 Å². The van der Waals surface area contributed by atoms with E-state index >= 15 is 0 Å². The highest BCUT2D eigenvalue weighted by atomic mass is 16.6. The van der Waals surface area contributed by atoms with Crippen molar-refractivity contribution in [1.82, 2.24) is 0 Å². The summed E-state index contributed by atoms with van der Waals surface area (Å²) in [5.41, 5.74) is -0.331. The van der Waals surface area contributed by atoms with Gasteiger partial charge in [0, 0.05) is 31.7 Å². The van der Waals surface area contributed by atoms with Crippen molar-refractivity contribution in [2.45, 2.75) is 45.3 Å². The van der Waals surface area contributed by atoms with E-state index in [0.717, 1.165) is 0 Å². The molecule has 162 valence electrons. The molecule has 1 saturated carbocycles. The minimum absolute atomic E-state index is 0.340. The van der Waals surface area contributed by atoms with Crippen LogP contribution in [0, 0.1) is 11.3 Å². The second-order valence-electron chi connectivity index (χ2n) is 7.73. The number of aliphatic carboxylic acids is 1. The standard InChI is InChI=1S/C22H26O8/c1-11-6-19(29-12(2)23)17-10-18(14-7-15(27-4)9-16(8-14)28-5)22(11,21(25)26)20(17)30-13(3)24/h6-9,17-20H,10H2,1-5H3,(H,25,26). The molecular formula is C22H26O8. The highest BCUT2D eigenvalue weighted by molar-refractivity contribution is 5.84. The predicted molar refractivity (Wildman–Crippen MR) is 105 cm³/mol. The van der Waals surface area contributed by atoms with Crippen LogP contribution in [-0.2, 0) is 23.9 Å². The average molecular weight is 418 g/mol. The number of carbonyl (C=O) groups excluding carboxylic acids is 2. The van der Waals surface area contributed by atoms with Crippen LogP contribution in [0.3, 0.4) is 0 Å². The minimum Gasteiger partial charge on any atom is -0.497 e. The molecule has 1 N–H and O–H groups in total. The monoisotopic (exact) mass is 418 g/mol. The number of hydrogen-bond donors (Lipinski definition) is 1. The van der Waals surface area contributed by atoms with Crippen LogP contribution in [0.4, 0.5) is 0 Å². The van der Waals surface area contributed by atoms with Gasteiger partial charge in [0.2, 0.25) is 0 Å². The van der Waals surface area contributed by atoms with Crippen LogP contribution in [0.2, 0.25) is 0 Å². The fourth-order valence-electron chi connectivity index (χ4n) is 4.97. The molecule has 1 aromatic rings. The number of carbonyl (C=O) groups is 3. The summed E-state index contributed by atoms with van der Waals surface area (Å²) in [6, 6.07) is 5.22. The van der Waals surface area contributed by atoms with E-state index in [0.29, 0.717) is 29.1 Å². The zero-order valence-corrected chi connectivity index (χ0v) is 17.6. The first kappa shape index (κ1) is 21.7. The van der Waals surface area contributed by atoms with Crippen molar-refractivity contribution in [2.75, 3.05) is 14.2 Å². The molecule has 0 radical (unpaired) electrons. The maximum atomic E-state index is 12.8. The molecular weight excluding hydrogens is 392 g/mol. The molecule has 2 aliphatic carbocycles. The highest BCUT2D eigenvalue weighted by Crippen LogP contribution is 2.61. The lowest BCUT2D eigenvalue weighted by molar-refractivity contribution is -0.170. The quantitative estimate of drug-likeness (QED) is 0.555. The van der Waals surface area contributed by atoms with Crippen LogP contribution in [0.1, 0.15) is 38.7 Å². The number of methoxy groups -OCH3 is 2. The van der Waals surface area contributed by atoms with Crippen LogP contribution < -0.4 is 9.47 Å². The number of ether oxygens (including phenoxy) is 4. The lowest BCUT2D eigenvalue weighted by atomic mass is 9.66. The van der Waals surface area contributed by atoms with Gasteiger partial charge in [-0.15, -0.1) is 0 Å². The van der Waals surface area contributed by atoms with Gasteiger partial charge in [0.15, 0.2) is 0 Å². The summed E-state index contributed by atoms with van der Waals surface area (Å²) in [6.07, 6.45) is 0.338. The van der Waals surface area contributed by atoms with E-state index in [1.165, 1.54) is 28.1 Å². The number of benzene rings is 1. The first-order valence-electron chi connectivity index (χ1n) is 9.64. The Hall–Kier alpha value is -3.03.